The lowest BCUT2D eigenvalue weighted by molar-refractivity contribution is -0.154. The van der Waals surface area contributed by atoms with E-state index in [4.69, 9.17) is 25.6 Å². The van der Waals surface area contributed by atoms with Crippen LogP contribution in [0.15, 0.2) is 41.1 Å². The quantitative estimate of drug-likeness (QED) is 0.558. The van der Waals surface area contributed by atoms with Crippen LogP contribution in [0.5, 0.6) is 11.6 Å². The lowest BCUT2D eigenvalue weighted by Crippen LogP contribution is -2.20. The first-order valence-electron chi connectivity index (χ1n) is 8.49. The molecule has 0 saturated heterocycles. The molecule has 1 aromatic carbocycles. The second kappa shape index (κ2) is 8.62. The lowest BCUT2D eigenvalue weighted by Gasteiger charge is -2.14. The number of nitrogens with one attached hydrogen (secondary N) is 1. The van der Waals surface area contributed by atoms with Gasteiger partial charge in [-0.05, 0) is 30.7 Å². The Bertz CT molecular complexity index is 1030. The van der Waals surface area contributed by atoms with E-state index >= 15 is 0 Å². The second-order valence-electron chi connectivity index (χ2n) is 6.16. The highest BCUT2D eigenvalue weighted by Gasteiger charge is 2.29. The standard InChI is InChI=1S/C19H15ClF3N3O4/c1-10-16(11(2)30-26-10)29-18(27)25-14-7-15(12-3-5-13(20)6-4-12)17(24-8-14)28-9-19(21,22)23/h3-8H,9H2,1-2H3,(H,25,27). The molecule has 0 saturated carbocycles. The van der Waals surface area contributed by atoms with Crippen LogP contribution in [-0.2, 0) is 0 Å². The molecule has 2 heterocycles. The molecule has 0 aliphatic rings. The lowest BCUT2D eigenvalue weighted by atomic mass is 10.1. The maximum atomic E-state index is 12.6. The van der Waals surface area contributed by atoms with Crippen molar-refractivity contribution < 1.29 is 32.0 Å². The number of carbonyl (C=O) groups is 1. The Morgan fingerprint density at radius 2 is 1.93 bits per heavy atom. The van der Waals surface area contributed by atoms with Gasteiger partial charge in [-0.1, -0.05) is 28.9 Å². The normalized spacial score (nSPS) is 11.3. The Morgan fingerprint density at radius 3 is 2.53 bits per heavy atom. The number of aromatic nitrogens is 2. The van der Waals surface area contributed by atoms with Crippen LogP contribution in [0.1, 0.15) is 11.5 Å². The first-order valence-corrected chi connectivity index (χ1v) is 8.87. The summed E-state index contributed by atoms with van der Waals surface area (Å²) in [6, 6.07) is 7.72. The van der Waals surface area contributed by atoms with Crippen LogP contribution in [0.4, 0.5) is 23.7 Å². The molecule has 7 nitrogen and oxygen atoms in total. The molecule has 0 unspecified atom stereocenters. The maximum absolute atomic E-state index is 12.6. The number of ether oxygens (including phenoxy) is 2. The average Bonchev–Trinajstić information content (AvgIpc) is 2.99. The molecule has 1 amide bonds. The van der Waals surface area contributed by atoms with Crippen LogP contribution in [0.25, 0.3) is 11.1 Å². The summed E-state index contributed by atoms with van der Waals surface area (Å²) in [6.45, 7) is 1.67. The number of rotatable bonds is 5. The second-order valence-corrected chi connectivity index (χ2v) is 6.59. The summed E-state index contributed by atoms with van der Waals surface area (Å²) in [5, 5.41) is 6.58. The third-order valence-electron chi connectivity index (χ3n) is 3.79. The fraction of sp³-hybridized carbons (Fsp3) is 0.211. The molecule has 0 bridgehead atoms. The Balaban J connectivity index is 1.86. The number of nitrogens with zero attached hydrogens (tertiary/aromatic N) is 2. The Labute approximate surface area is 173 Å². The minimum Gasteiger partial charge on any atom is -0.468 e. The van der Waals surface area contributed by atoms with Gasteiger partial charge in [0.1, 0.15) is 5.69 Å². The number of aryl methyl sites for hydroxylation is 2. The molecule has 30 heavy (non-hydrogen) atoms. The van der Waals surface area contributed by atoms with E-state index in [0.29, 0.717) is 22.0 Å². The van der Waals surface area contributed by atoms with Crippen molar-refractivity contribution in [1.29, 1.82) is 0 Å². The molecule has 0 radical (unpaired) electrons. The van der Waals surface area contributed by atoms with Gasteiger partial charge in [-0.15, -0.1) is 0 Å². The maximum Gasteiger partial charge on any atom is 0.422 e. The number of halogens is 4. The zero-order valence-corrected chi connectivity index (χ0v) is 16.5. The van der Waals surface area contributed by atoms with E-state index in [1.807, 2.05) is 0 Å². The smallest absolute Gasteiger partial charge is 0.422 e. The van der Waals surface area contributed by atoms with E-state index in [-0.39, 0.29) is 22.9 Å². The molecule has 0 fully saturated rings. The van der Waals surface area contributed by atoms with Crippen LogP contribution < -0.4 is 14.8 Å². The summed E-state index contributed by atoms with van der Waals surface area (Å²) in [6.07, 6.45) is -4.23. The summed E-state index contributed by atoms with van der Waals surface area (Å²) in [5.41, 5.74) is 1.28. The molecule has 0 spiro atoms. The van der Waals surface area contributed by atoms with Gasteiger partial charge in [-0.25, -0.2) is 9.78 Å². The van der Waals surface area contributed by atoms with E-state index in [2.05, 4.69) is 15.5 Å². The molecule has 1 N–H and O–H groups in total. The predicted octanol–water partition coefficient (Wildman–Crippen LogP) is 5.56. The van der Waals surface area contributed by atoms with E-state index in [0.717, 1.165) is 6.20 Å². The fourth-order valence-corrected chi connectivity index (χ4v) is 2.60. The third kappa shape index (κ3) is 5.41. The van der Waals surface area contributed by atoms with Crippen LogP contribution in [0, 0.1) is 13.8 Å². The minimum absolute atomic E-state index is 0.170. The van der Waals surface area contributed by atoms with Gasteiger partial charge < -0.3 is 14.0 Å². The van der Waals surface area contributed by atoms with Crippen LogP contribution in [-0.4, -0.2) is 29.0 Å². The van der Waals surface area contributed by atoms with E-state index < -0.39 is 18.9 Å². The first kappa shape index (κ1) is 21.4. The molecule has 0 atom stereocenters. The largest absolute Gasteiger partial charge is 0.468 e. The molecule has 0 aliphatic heterocycles. The van der Waals surface area contributed by atoms with Crippen molar-refractivity contribution in [3.63, 3.8) is 0 Å². The molecular formula is C19H15ClF3N3O4. The van der Waals surface area contributed by atoms with Gasteiger partial charge in [-0.2, -0.15) is 13.2 Å². The highest BCUT2D eigenvalue weighted by atomic mass is 35.5. The number of hydrogen-bond donors (Lipinski definition) is 1. The Kier molecular flexibility index (Phi) is 6.16. The zero-order valence-electron chi connectivity index (χ0n) is 15.7. The van der Waals surface area contributed by atoms with Crippen LogP contribution >= 0.6 is 11.6 Å². The van der Waals surface area contributed by atoms with Crippen LogP contribution in [0.2, 0.25) is 5.02 Å². The van der Waals surface area contributed by atoms with Gasteiger partial charge in [0.15, 0.2) is 18.1 Å². The molecule has 0 aliphatic carbocycles. The third-order valence-corrected chi connectivity index (χ3v) is 4.04. The van der Waals surface area contributed by atoms with E-state index in [1.54, 1.807) is 38.1 Å². The van der Waals surface area contributed by atoms with Crippen LogP contribution in [0.3, 0.4) is 0 Å². The van der Waals surface area contributed by atoms with Gasteiger partial charge in [0, 0.05) is 17.5 Å². The SMILES string of the molecule is Cc1noc(C)c1OC(=O)Nc1cnc(OCC(F)(F)F)c(-c2ccc(Cl)cc2)c1. The van der Waals surface area contributed by atoms with Gasteiger partial charge in [-0.3, -0.25) is 5.32 Å². The molecular weight excluding hydrogens is 427 g/mol. The highest BCUT2D eigenvalue weighted by Crippen LogP contribution is 2.32. The average molecular weight is 442 g/mol. The Morgan fingerprint density at radius 1 is 1.23 bits per heavy atom. The molecule has 158 valence electrons. The zero-order chi connectivity index (χ0) is 21.9. The van der Waals surface area contributed by atoms with Crippen molar-refractivity contribution in [3.8, 4) is 22.8 Å². The highest BCUT2D eigenvalue weighted by molar-refractivity contribution is 6.30. The molecule has 3 aromatic rings. The summed E-state index contributed by atoms with van der Waals surface area (Å²) in [4.78, 5) is 16.1. The number of amides is 1. The van der Waals surface area contributed by atoms with Gasteiger partial charge in [0.2, 0.25) is 5.88 Å². The van der Waals surface area contributed by atoms with Crippen molar-refractivity contribution in [2.24, 2.45) is 0 Å². The molecule has 2 aromatic heterocycles. The van der Waals surface area contributed by atoms with Crippen molar-refractivity contribution in [2.75, 3.05) is 11.9 Å². The van der Waals surface area contributed by atoms with Gasteiger partial charge in [0.25, 0.3) is 0 Å². The molecule has 3 rings (SSSR count). The number of carbonyl (C=O) groups excluding carboxylic acids is 1. The Hall–Kier alpha value is -3.27. The van der Waals surface area contributed by atoms with Crippen molar-refractivity contribution in [1.82, 2.24) is 10.1 Å². The number of anilines is 1. The topological polar surface area (TPSA) is 86.5 Å². The number of alkyl halides is 3. The summed E-state index contributed by atoms with van der Waals surface area (Å²) >= 11 is 5.87. The first-order chi connectivity index (χ1) is 14.1. The summed E-state index contributed by atoms with van der Waals surface area (Å²) in [7, 11) is 0. The van der Waals surface area contributed by atoms with Crippen molar-refractivity contribution in [3.05, 3.63) is 53.0 Å². The monoisotopic (exact) mass is 441 g/mol. The molecule has 11 heteroatoms. The fourth-order valence-electron chi connectivity index (χ4n) is 2.48. The van der Waals surface area contributed by atoms with Gasteiger partial charge >= 0.3 is 12.3 Å². The summed E-state index contributed by atoms with van der Waals surface area (Å²) in [5.74, 6) is 0.237. The van der Waals surface area contributed by atoms with E-state index in [1.165, 1.54) is 6.07 Å². The van der Waals surface area contributed by atoms with Gasteiger partial charge in [0.05, 0.1) is 11.9 Å². The minimum atomic E-state index is -4.53. The summed E-state index contributed by atoms with van der Waals surface area (Å²) < 4.78 is 52.6. The van der Waals surface area contributed by atoms with E-state index in [9.17, 15) is 18.0 Å². The van der Waals surface area contributed by atoms with Crippen molar-refractivity contribution >= 4 is 23.4 Å². The number of benzene rings is 1. The number of hydrogen-bond acceptors (Lipinski definition) is 6. The number of pyridine rings is 1. The predicted molar refractivity (Wildman–Crippen MR) is 102 cm³/mol. The van der Waals surface area contributed by atoms with Crippen molar-refractivity contribution in [2.45, 2.75) is 20.0 Å².